The molecule has 0 radical (unpaired) electrons. The van der Waals surface area contributed by atoms with Crippen LogP contribution in [0.2, 0.25) is 0 Å². The number of hydrogen-bond donors (Lipinski definition) is 0. The Morgan fingerprint density at radius 1 is 1.17 bits per heavy atom. The Morgan fingerprint density at radius 2 is 1.89 bits per heavy atom. The second kappa shape index (κ2) is 5.54. The van der Waals surface area contributed by atoms with Gasteiger partial charge in [0.2, 0.25) is 0 Å². The number of likely N-dealkylation sites (tertiary alicyclic amines) is 1. The molecule has 1 unspecified atom stereocenters. The highest BCUT2D eigenvalue weighted by atomic mass is 32.2. The number of rotatable bonds is 1. The summed E-state index contributed by atoms with van der Waals surface area (Å²) in [5, 5.41) is 0. The molecule has 0 bridgehead atoms. The molecule has 3 heteroatoms. The number of hydrogen-bond acceptors (Lipinski definition) is 3. The first-order valence-corrected chi connectivity index (χ1v) is 8.03. The first-order chi connectivity index (χ1) is 8.75. The van der Waals surface area contributed by atoms with E-state index in [0.717, 1.165) is 0 Å². The van der Waals surface area contributed by atoms with Gasteiger partial charge in [-0.15, -0.1) is 0 Å². The molecule has 1 aromatic carbocycles. The molecule has 18 heavy (non-hydrogen) atoms. The van der Waals surface area contributed by atoms with Crippen LogP contribution < -0.4 is 4.31 Å². The van der Waals surface area contributed by atoms with E-state index < -0.39 is 0 Å². The van der Waals surface area contributed by atoms with E-state index in [-0.39, 0.29) is 0 Å². The van der Waals surface area contributed by atoms with E-state index in [0.29, 0.717) is 5.41 Å². The number of fused-ring (bicyclic) bond motifs is 2. The molecule has 2 nitrogen and oxygen atoms in total. The minimum atomic E-state index is 0.397. The molecular weight excluding hydrogens is 240 g/mol. The summed E-state index contributed by atoms with van der Waals surface area (Å²) >= 11 is 1.85. The summed E-state index contributed by atoms with van der Waals surface area (Å²) in [6, 6.07) is 8.92. The minimum Gasteiger partial charge on any atom is -0.315 e. The van der Waals surface area contributed by atoms with Gasteiger partial charge in [0.25, 0.3) is 0 Å². The second-order valence-electron chi connectivity index (χ2n) is 5.00. The topological polar surface area (TPSA) is 6.48 Å². The molecule has 1 fully saturated rings. The van der Waals surface area contributed by atoms with Crippen LogP contribution in [0.25, 0.3) is 0 Å². The van der Waals surface area contributed by atoms with Crippen molar-refractivity contribution >= 4 is 17.6 Å². The predicted molar refractivity (Wildman–Crippen MR) is 82.4 cm³/mol. The van der Waals surface area contributed by atoms with Crippen LogP contribution in [0.5, 0.6) is 0 Å². The highest BCUT2D eigenvalue weighted by molar-refractivity contribution is 8.00. The zero-order valence-electron chi connectivity index (χ0n) is 11.9. The van der Waals surface area contributed by atoms with Gasteiger partial charge in [-0.05, 0) is 31.6 Å². The maximum atomic E-state index is 2.46. The average Bonchev–Trinajstić information content (AvgIpc) is 2.95. The summed E-state index contributed by atoms with van der Waals surface area (Å²) in [5.74, 6) is 0. The van der Waals surface area contributed by atoms with Crippen molar-refractivity contribution in [3.63, 3.8) is 0 Å². The average molecular weight is 264 g/mol. The molecule has 0 aromatic heterocycles. The fourth-order valence-electron chi connectivity index (χ4n) is 3.18. The summed E-state index contributed by atoms with van der Waals surface area (Å²) in [4.78, 5) is 2.46. The molecule has 100 valence electrons. The molecule has 1 saturated heterocycles. The zero-order valence-corrected chi connectivity index (χ0v) is 12.8. The van der Waals surface area contributed by atoms with Gasteiger partial charge < -0.3 is 9.21 Å². The quantitative estimate of drug-likeness (QED) is 0.718. The van der Waals surface area contributed by atoms with Gasteiger partial charge in [-0.1, -0.05) is 44.0 Å². The lowest BCUT2D eigenvalue weighted by molar-refractivity contribution is 0.380. The number of likely N-dealkylation sites (N-methyl/N-ethyl adjacent to an activating group) is 1. The Bertz CT molecular complexity index is 407. The van der Waals surface area contributed by atoms with Crippen LogP contribution >= 0.6 is 11.9 Å². The maximum absolute atomic E-state index is 2.46. The normalized spacial score (nSPS) is 26.1. The van der Waals surface area contributed by atoms with Gasteiger partial charge in [0.05, 0.1) is 5.69 Å². The second-order valence-corrected chi connectivity index (χ2v) is 5.81. The molecule has 3 rings (SSSR count). The predicted octanol–water partition coefficient (Wildman–Crippen LogP) is 3.38. The number of anilines is 1. The van der Waals surface area contributed by atoms with Gasteiger partial charge in [0.1, 0.15) is 0 Å². The third kappa shape index (κ3) is 2.14. The van der Waals surface area contributed by atoms with Gasteiger partial charge in [-0.25, -0.2) is 0 Å². The van der Waals surface area contributed by atoms with Crippen LogP contribution in [0.4, 0.5) is 5.69 Å². The lowest BCUT2D eigenvalue weighted by Crippen LogP contribution is -2.33. The van der Waals surface area contributed by atoms with Crippen LogP contribution in [0.15, 0.2) is 24.3 Å². The SMILES string of the molecule is CC.CSN1CC2(CCN(C)C2)c2ccccc21. The molecular formula is C15H24N2S. The minimum absolute atomic E-state index is 0.397. The summed E-state index contributed by atoms with van der Waals surface area (Å²) in [5.41, 5.74) is 3.40. The fraction of sp³-hybridized carbons (Fsp3) is 0.600. The largest absolute Gasteiger partial charge is 0.315 e. The van der Waals surface area contributed by atoms with Crippen molar-refractivity contribution in [3.05, 3.63) is 29.8 Å². The Kier molecular flexibility index (Phi) is 4.23. The molecule has 2 aliphatic heterocycles. The van der Waals surface area contributed by atoms with Crippen LogP contribution in [0.1, 0.15) is 25.8 Å². The van der Waals surface area contributed by atoms with Crippen molar-refractivity contribution in [3.8, 4) is 0 Å². The Balaban J connectivity index is 0.000000574. The zero-order chi connectivity index (χ0) is 13.2. The van der Waals surface area contributed by atoms with E-state index in [1.165, 1.54) is 31.7 Å². The summed E-state index contributed by atoms with van der Waals surface area (Å²) in [7, 11) is 2.24. The maximum Gasteiger partial charge on any atom is 0.0508 e. The van der Waals surface area contributed by atoms with Crippen molar-refractivity contribution in [2.45, 2.75) is 25.7 Å². The van der Waals surface area contributed by atoms with Gasteiger partial charge in [-0.2, -0.15) is 0 Å². The summed E-state index contributed by atoms with van der Waals surface area (Å²) in [6.45, 7) is 7.62. The molecule has 1 spiro atoms. The van der Waals surface area contributed by atoms with Gasteiger partial charge in [-0.3, -0.25) is 0 Å². The Hall–Kier alpha value is -0.670. The molecule has 1 atom stereocenters. The van der Waals surface area contributed by atoms with Crippen LogP contribution in [-0.4, -0.2) is 37.8 Å². The smallest absolute Gasteiger partial charge is 0.0508 e. The lowest BCUT2D eigenvalue weighted by Gasteiger charge is -2.24. The van der Waals surface area contributed by atoms with Gasteiger partial charge in [0, 0.05) is 24.8 Å². The van der Waals surface area contributed by atoms with E-state index in [1.54, 1.807) is 5.56 Å². The van der Waals surface area contributed by atoms with Gasteiger partial charge >= 0.3 is 0 Å². The van der Waals surface area contributed by atoms with Crippen LogP contribution in [0.3, 0.4) is 0 Å². The molecule has 2 heterocycles. The van der Waals surface area contributed by atoms with Crippen molar-refractivity contribution < 1.29 is 0 Å². The number of benzene rings is 1. The lowest BCUT2D eigenvalue weighted by atomic mass is 9.82. The van der Waals surface area contributed by atoms with E-state index >= 15 is 0 Å². The molecule has 0 N–H and O–H groups in total. The Morgan fingerprint density at radius 3 is 2.50 bits per heavy atom. The van der Waals surface area contributed by atoms with E-state index in [9.17, 15) is 0 Å². The van der Waals surface area contributed by atoms with Crippen molar-refractivity contribution in [2.24, 2.45) is 0 Å². The summed E-state index contributed by atoms with van der Waals surface area (Å²) < 4.78 is 2.45. The monoisotopic (exact) mass is 264 g/mol. The van der Waals surface area contributed by atoms with Gasteiger partial charge in [0.15, 0.2) is 0 Å². The van der Waals surface area contributed by atoms with E-state index in [2.05, 4.69) is 46.8 Å². The first-order valence-electron chi connectivity index (χ1n) is 6.85. The number of para-hydroxylation sites is 1. The van der Waals surface area contributed by atoms with Crippen molar-refractivity contribution in [2.75, 3.05) is 37.2 Å². The van der Waals surface area contributed by atoms with Crippen LogP contribution in [-0.2, 0) is 5.41 Å². The third-order valence-corrected chi connectivity index (χ3v) is 4.72. The molecule has 0 saturated carbocycles. The van der Waals surface area contributed by atoms with Crippen molar-refractivity contribution in [1.29, 1.82) is 0 Å². The fourth-order valence-corrected chi connectivity index (χ4v) is 3.91. The van der Waals surface area contributed by atoms with Crippen molar-refractivity contribution in [1.82, 2.24) is 4.90 Å². The number of nitrogens with zero attached hydrogens (tertiary/aromatic N) is 2. The molecule has 2 aliphatic rings. The molecule has 1 aromatic rings. The van der Waals surface area contributed by atoms with Crippen LogP contribution in [0, 0.1) is 0 Å². The highest BCUT2D eigenvalue weighted by Crippen LogP contribution is 2.47. The van der Waals surface area contributed by atoms with E-state index in [4.69, 9.17) is 0 Å². The van der Waals surface area contributed by atoms with E-state index in [1.807, 2.05) is 25.8 Å². The Labute approximate surface area is 115 Å². The highest BCUT2D eigenvalue weighted by Gasteiger charge is 2.46. The summed E-state index contributed by atoms with van der Waals surface area (Å²) in [6.07, 6.45) is 3.48. The molecule has 0 amide bonds. The first kappa shape index (κ1) is 13.8. The molecule has 0 aliphatic carbocycles. The standard InChI is InChI=1S/C13H18N2S.C2H6/c1-14-8-7-13(9-14)10-15(16-2)12-6-4-3-5-11(12)13;1-2/h3-6H,7-10H2,1-2H3;1-2H3. The third-order valence-electron chi connectivity index (χ3n) is 3.96.